The third-order valence-electron chi connectivity index (χ3n) is 13.5. The van der Waals surface area contributed by atoms with Crippen LogP contribution in [-0.4, -0.2) is 147 Å². The lowest BCUT2D eigenvalue weighted by atomic mass is 9.88. The van der Waals surface area contributed by atoms with Gasteiger partial charge in [-0.05, 0) is 125 Å². The summed E-state index contributed by atoms with van der Waals surface area (Å²) in [6.45, 7) is 8.21. The molecular formula is C48H55N11O6. The van der Waals surface area contributed by atoms with E-state index in [4.69, 9.17) is 15.9 Å². The Balaban J connectivity index is 0.681. The number of nitrogens with zero attached hydrogens (tertiary/aromatic N) is 7. The van der Waals surface area contributed by atoms with Crippen LogP contribution in [0.2, 0.25) is 0 Å². The van der Waals surface area contributed by atoms with E-state index in [1.54, 1.807) is 6.07 Å². The highest BCUT2D eigenvalue weighted by Crippen LogP contribution is 2.34. The average molecular weight is 882 g/mol. The predicted octanol–water partition coefficient (Wildman–Crippen LogP) is 4.55. The Kier molecular flexibility index (Phi) is 12.8. The van der Waals surface area contributed by atoms with E-state index in [1.165, 1.54) is 6.33 Å². The number of carbonyl (C=O) groups excluding carboxylic acids is 5. The van der Waals surface area contributed by atoms with Crippen LogP contribution in [0.3, 0.4) is 0 Å². The Bertz CT molecular complexity index is 2440. The third kappa shape index (κ3) is 9.56. The zero-order valence-electron chi connectivity index (χ0n) is 36.4. The van der Waals surface area contributed by atoms with Gasteiger partial charge in [-0.3, -0.25) is 39.7 Å². The van der Waals surface area contributed by atoms with E-state index in [2.05, 4.69) is 30.4 Å². The molecule has 1 atom stereocenters. The number of hydrogen-bond acceptors (Lipinski definition) is 13. The minimum atomic E-state index is -0.966. The topological polar surface area (TPSA) is 210 Å². The maximum atomic E-state index is 13.6. The zero-order chi connectivity index (χ0) is 45.0. The molecule has 65 heavy (non-hydrogen) atoms. The van der Waals surface area contributed by atoms with Crippen LogP contribution in [0.5, 0.6) is 11.5 Å². The van der Waals surface area contributed by atoms with Crippen LogP contribution < -0.4 is 21.1 Å². The molecule has 5 aliphatic rings. The van der Waals surface area contributed by atoms with Crippen LogP contribution >= 0.6 is 0 Å². The number of benzene rings is 3. The number of nitrogen functional groups attached to an aromatic ring is 1. The number of piperidine rings is 3. The van der Waals surface area contributed by atoms with E-state index >= 15 is 0 Å². The molecule has 4 saturated heterocycles. The number of rotatable bonds is 12. The number of nitrogens with two attached hydrogens (primary N) is 1. The van der Waals surface area contributed by atoms with Crippen molar-refractivity contribution in [2.24, 2.45) is 0 Å². The second-order valence-electron chi connectivity index (χ2n) is 17.5. The zero-order valence-corrected chi connectivity index (χ0v) is 36.4. The Labute approximate surface area is 377 Å². The van der Waals surface area contributed by atoms with Crippen LogP contribution in [0, 0.1) is 5.41 Å². The molecule has 0 aliphatic carbocycles. The number of hydrogen-bond donors (Lipinski definition) is 4. The highest BCUT2D eigenvalue weighted by atomic mass is 16.5. The monoisotopic (exact) mass is 881 g/mol. The second kappa shape index (κ2) is 19.2. The van der Waals surface area contributed by atoms with Crippen molar-refractivity contribution < 1.29 is 28.7 Å². The number of carbonyl (C=O) groups is 5. The number of nitrogens with one attached hydrogen (secondary N) is 3. The number of anilines is 2. The summed E-state index contributed by atoms with van der Waals surface area (Å²) in [6, 6.07) is 21.5. The summed E-state index contributed by atoms with van der Waals surface area (Å²) < 4.78 is 5.92. The predicted molar refractivity (Wildman–Crippen MR) is 243 cm³/mol. The number of likely N-dealkylation sites (tertiary alicyclic amines) is 2. The van der Waals surface area contributed by atoms with Gasteiger partial charge in [0.05, 0.1) is 22.4 Å². The van der Waals surface area contributed by atoms with E-state index in [0.717, 1.165) is 87.6 Å². The van der Waals surface area contributed by atoms with Crippen molar-refractivity contribution in [3.63, 3.8) is 0 Å². The lowest BCUT2D eigenvalue weighted by Crippen LogP contribution is -2.55. The Morgan fingerprint density at radius 1 is 0.754 bits per heavy atom. The molecule has 3 aromatic carbocycles. The number of urea groups is 1. The van der Waals surface area contributed by atoms with Gasteiger partial charge in [-0.15, -0.1) is 0 Å². The number of fused-ring (bicyclic) bond motifs is 1. The smallest absolute Gasteiger partial charge is 0.320 e. The molecule has 1 aromatic heterocycles. The van der Waals surface area contributed by atoms with Crippen molar-refractivity contribution in [3.05, 3.63) is 107 Å². The molecule has 0 spiro atoms. The van der Waals surface area contributed by atoms with Crippen molar-refractivity contribution in [2.75, 3.05) is 76.5 Å². The molecule has 17 nitrogen and oxygen atoms in total. The van der Waals surface area contributed by atoms with Gasteiger partial charge in [0.25, 0.3) is 11.8 Å². The van der Waals surface area contributed by atoms with E-state index < -0.39 is 23.8 Å². The maximum Gasteiger partial charge on any atom is 0.320 e. The van der Waals surface area contributed by atoms with Gasteiger partial charge in [-0.1, -0.05) is 24.3 Å². The number of ether oxygens (including phenoxy) is 1. The molecule has 9 rings (SSSR count). The number of piperazine rings is 1. The molecule has 338 valence electrons. The van der Waals surface area contributed by atoms with Gasteiger partial charge in [0.2, 0.25) is 11.8 Å². The molecule has 0 bridgehead atoms. The quantitative estimate of drug-likeness (QED) is 0.114. The summed E-state index contributed by atoms with van der Waals surface area (Å²) in [5.41, 5.74) is 9.33. The first-order valence-electron chi connectivity index (χ1n) is 22.7. The first kappa shape index (κ1) is 43.5. The fraction of sp³-hybridized carbons (Fsp3) is 0.417. The van der Waals surface area contributed by atoms with Gasteiger partial charge in [0.1, 0.15) is 35.5 Å². The molecule has 17 heteroatoms. The van der Waals surface area contributed by atoms with Crippen molar-refractivity contribution in [1.82, 2.24) is 39.8 Å². The van der Waals surface area contributed by atoms with E-state index in [9.17, 15) is 24.0 Å². The molecule has 0 radical (unpaired) electrons. The summed E-state index contributed by atoms with van der Waals surface area (Å²) in [5, 5.41) is 14.8. The van der Waals surface area contributed by atoms with Crippen molar-refractivity contribution in [1.29, 1.82) is 5.41 Å². The van der Waals surface area contributed by atoms with Gasteiger partial charge >= 0.3 is 6.03 Å². The summed E-state index contributed by atoms with van der Waals surface area (Å²) in [4.78, 5) is 82.7. The Hall–Kier alpha value is -6.72. The molecule has 1 unspecified atom stereocenters. The number of aromatic nitrogens is 2. The number of amides is 6. The van der Waals surface area contributed by atoms with Crippen LogP contribution in [-0.2, 0) is 9.59 Å². The van der Waals surface area contributed by atoms with Gasteiger partial charge in [0.15, 0.2) is 0 Å². The van der Waals surface area contributed by atoms with Crippen molar-refractivity contribution in [2.45, 2.75) is 62.9 Å². The molecule has 5 aliphatic heterocycles. The van der Waals surface area contributed by atoms with Crippen molar-refractivity contribution in [3.8, 4) is 11.5 Å². The molecule has 4 fully saturated rings. The summed E-state index contributed by atoms with van der Waals surface area (Å²) in [6.07, 6.45) is 6.07. The van der Waals surface area contributed by atoms with E-state index in [0.29, 0.717) is 60.0 Å². The van der Waals surface area contributed by atoms with Gasteiger partial charge in [-0.2, -0.15) is 0 Å². The highest BCUT2D eigenvalue weighted by molar-refractivity contribution is 6.23. The summed E-state index contributed by atoms with van der Waals surface area (Å²) in [5.74, 6) is 0.467. The van der Waals surface area contributed by atoms with Gasteiger partial charge in [-0.25, -0.2) is 14.8 Å². The van der Waals surface area contributed by atoms with Gasteiger partial charge in [0, 0.05) is 57.3 Å². The number of para-hydroxylation sites is 1. The summed E-state index contributed by atoms with van der Waals surface area (Å²) >= 11 is 0. The van der Waals surface area contributed by atoms with Crippen LogP contribution in [0.25, 0.3) is 0 Å². The molecule has 6 heterocycles. The summed E-state index contributed by atoms with van der Waals surface area (Å²) in [7, 11) is 0. The van der Waals surface area contributed by atoms with Crippen LogP contribution in [0.15, 0.2) is 79.1 Å². The fourth-order valence-corrected chi connectivity index (χ4v) is 9.74. The molecular weight excluding hydrogens is 827 g/mol. The largest absolute Gasteiger partial charge is 0.457 e. The molecule has 5 N–H and O–H groups in total. The second-order valence-corrected chi connectivity index (χ2v) is 17.5. The van der Waals surface area contributed by atoms with E-state index in [1.807, 2.05) is 76.5 Å². The molecule has 0 saturated carbocycles. The minimum Gasteiger partial charge on any atom is -0.457 e. The first-order chi connectivity index (χ1) is 31.6. The molecule has 4 aromatic rings. The van der Waals surface area contributed by atoms with Crippen LogP contribution in [0.1, 0.15) is 88.3 Å². The SMILES string of the molecule is N=C(c1ccc(Oc2ccccc2)cc1)c1c(N)ncnc1NC1CCN(C(=O)N2CCN(CCCN3CCC(c4ccc5c(c4)C(=O)N(C4CCC(=O)NC4=O)C5=O)CC3)CC2)CC1. The standard InChI is InChI=1S/C48H55N11O6/c49-42(32-7-10-36(11-8-32)65-35-5-2-1-3-6-35)41-43(50)51-30-52-44(41)53-34-17-23-57(24-18-34)48(64)58-27-25-56(26-28-58)20-4-19-55-21-15-31(16-22-55)33-9-12-37-38(29-33)47(63)59(46(37)62)39-13-14-40(60)54-45(39)61/h1-3,5-12,29-31,34,39,49H,4,13-28H2,(H,54,60,61)(H3,50,51,52,53). The normalized spacial score (nSPS) is 20.2. The fourth-order valence-electron chi connectivity index (χ4n) is 9.74. The van der Waals surface area contributed by atoms with Crippen molar-refractivity contribution >= 4 is 47.0 Å². The lowest BCUT2D eigenvalue weighted by molar-refractivity contribution is -0.136. The number of imide groups is 2. The van der Waals surface area contributed by atoms with Crippen LogP contribution in [0.4, 0.5) is 16.4 Å². The van der Waals surface area contributed by atoms with E-state index in [-0.39, 0.29) is 48.3 Å². The maximum absolute atomic E-state index is 13.6. The first-order valence-corrected chi connectivity index (χ1v) is 22.7. The highest BCUT2D eigenvalue weighted by Gasteiger charge is 2.45. The lowest BCUT2D eigenvalue weighted by Gasteiger charge is -2.40. The Morgan fingerprint density at radius 2 is 1.42 bits per heavy atom. The average Bonchev–Trinajstić information content (AvgIpc) is 3.57. The molecule has 6 amide bonds. The minimum absolute atomic E-state index is 0.0563. The third-order valence-corrected chi connectivity index (χ3v) is 13.5. The Morgan fingerprint density at radius 3 is 2.12 bits per heavy atom. The van der Waals surface area contributed by atoms with Gasteiger partial charge < -0.3 is 30.5 Å².